The molecule has 29 heavy (non-hydrogen) atoms. The van der Waals surface area contributed by atoms with Gasteiger partial charge in [0, 0.05) is 48.5 Å². The van der Waals surface area contributed by atoms with Gasteiger partial charge >= 0.3 is 0 Å². The summed E-state index contributed by atoms with van der Waals surface area (Å²) >= 11 is 0. The number of amides is 1. The molecule has 6 heteroatoms. The molecule has 4 rings (SSSR count). The van der Waals surface area contributed by atoms with Crippen LogP contribution in [0.15, 0.2) is 67.1 Å². The van der Waals surface area contributed by atoms with Gasteiger partial charge in [0.15, 0.2) is 0 Å². The lowest BCUT2D eigenvalue weighted by Crippen LogP contribution is -2.31. The maximum absolute atomic E-state index is 14.4. The number of nitrogens with zero attached hydrogens (tertiary/aromatic N) is 2. The van der Waals surface area contributed by atoms with Crippen molar-refractivity contribution in [2.24, 2.45) is 7.05 Å². The fourth-order valence-electron chi connectivity index (χ4n) is 3.66. The van der Waals surface area contributed by atoms with E-state index in [1.165, 1.54) is 17.0 Å². The largest absolute Gasteiger partial charge is 0.361 e. The zero-order valence-electron chi connectivity index (χ0n) is 16.2. The average molecular weight is 390 g/mol. The van der Waals surface area contributed by atoms with Crippen LogP contribution in [0.1, 0.15) is 35.8 Å². The van der Waals surface area contributed by atoms with Gasteiger partial charge in [-0.05, 0) is 30.5 Å². The van der Waals surface area contributed by atoms with Crippen molar-refractivity contribution in [3.63, 3.8) is 0 Å². The molecule has 1 amide bonds. The van der Waals surface area contributed by atoms with Crippen LogP contribution in [-0.2, 0) is 18.3 Å². The molecule has 0 saturated carbocycles. The Bertz CT molecular complexity index is 1130. The Kier molecular flexibility index (Phi) is 5.42. The highest BCUT2D eigenvalue weighted by Crippen LogP contribution is 2.24. The minimum absolute atomic E-state index is 0.124. The number of aryl methyl sites for hydroxylation is 2. The highest BCUT2D eigenvalue weighted by molar-refractivity contribution is 5.83. The fraction of sp³-hybridized carbons (Fsp3) is 0.217. The van der Waals surface area contributed by atoms with E-state index in [4.69, 9.17) is 0 Å². The Morgan fingerprint density at radius 2 is 2.00 bits per heavy atom. The molecule has 2 N–H and O–H groups in total. The van der Waals surface area contributed by atoms with Crippen molar-refractivity contribution in [2.45, 2.75) is 25.3 Å². The maximum atomic E-state index is 14.4. The number of carbonyl (C=O) groups excluding carboxylic acids is 1. The second kappa shape index (κ2) is 8.31. The Balaban J connectivity index is 1.44. The summed E-state index contributed by atoms with van der Waals surface area (Å²) in [5.41, 5.74) is 2.70. The third-order valence-electron chi connectivity index (χ3n) is 5.16. The summed E-state index contributed by atoms with van der Waals surface area (Å²) in [4.78, 5) is 20.2. The molecule has 5 nitrogen and oxygen atoms in total. The summed E-state index contributed by atoms with van der Waals surface area (Å²) in [6.45, 7) is 0. The number of aromatic nitrogens is 3. The first-order valence-corrected chi connectivity index (χ1v) is 9.69. The molecular formula is C23H23FN4O. The quantitative estimate of drug-likeness (QED) is 0.495. The first-order chi connectivity index (χ1) is 14.1. The van der Waals surface area contributed by atoms with Gasteiger partial charge in [0.25, 0.3) is 0 Å². The Morgan fingerprint density at radius 1 is 1.21 bits per heavy atom. The van der Waals surface area contributed by atoms with Crippen molar-refractivity contribution in [2.75, 3.05) is 0 Å². The second-order valence-electron chi connectivity index (χ2n) is 7.13. The molecule has 2 heterocycles. The molecular weight excluding hydrogens is 367 g/mol. The van der Waals surface area contributed by atoms with Crippen molar-refractivity contribution >= 4 is 16.8 Å². The van der Waals surface area contributed by atoms with E-state index in [9.17, 15) is 9.18 Å². The first kappa shape index (κ1) is 18.9. The van der Waals surface area contributed by atoms with Gasteiger partial charge in [-0.2, -0.15) is 0 Å². The van der Waals surface area contributed by atoms with E-state index in [2.05, 4.69) is 21.4 Å². The predicted octanol–water partition coefficient (Wildman–Crippen LogP) is 4.27. The molecule has 0 bridgehead atoms. The Hall–Kier alpha value is -3.41. The monoisotopic (exact) mass is 390 g/mol. The number of aromatic amines is 1. The van der Waals surface area contributed by atoms with Crippen molar-refractivity contribution in [1.29, 1.82) is 0 Å². The smallest absolute Gasteiger partial charge is 0.220 e. The highest BCUT2D eigenvalue weighted by atomic mass is 19.1. The maximum Gasteiger partial charge on any atom is 0.220 e. The third kappa shape index (κ3) is 4.06. The number of fused-ring (bicyclic) bond motifs is 1. The van der Waals surface area contributed by atoms with E-state index < -0.39 is 6.04 Å². The lowest BCUT2D eigenvalue weighted by molar-refractivity contribution is -0.121. The van der Waals surface area contributed by atoms with Gasteiger partial charge in [-0.25, -0.2) is 9.37 Å². The number of hydrogen-bond acceptors (Lipinski definition) is 2. The molecule has 148 valence electrons. The van der Waals surface area contributed by atoms with Crippen LogP contribution in [0.4, 0.5) is 4.39 Å². The molecule has 2 aromatic heterocycles. The van der Waals surface area contributed by atoms with Crippen LogP contribution in [-0.4, -0.2) is 20.4 Å². The average Bonchev–Trinajstić information content (AvgIpc) is 3.33. The van der Waals surface area contributed by atoms with Crippen LogP contribution in [0.5, 0.6) is 0 Å². The second-order valence-corrected chi connectivity index (χ2v) is 7.13. The summed E-state index contributed by atoms with van der Waals surface area (Å²) < 4.78 is 16.2. The van der Waals surface area contributed by atoms with Gasteiger partial charge in [-0.3, -0.25) is 4.79 Å². The molecule has 0 radical (unpaired) electrons. The van der Waals surface area contributed by atoms with Gasteiger partial charge in [0.2, 0.25) is 5.91 Å². The summed E-state index contributed by atoms with van der Waals surface area (Å²) in [5.74, 6) is 0.112. The van der Waals surface area contributed by atoms with Crippen molar-refractivity contribution in [3.05, 3.63) is 89.9 Å². The normalized spacial score (nSPS) is 12.2. The van der Waals surface area contributed by atoms with Gasteiger partial charge in [-0.15, -0.1) is 0 Å². The van der Waals surface area contributed by atoms with E-state index in [-0.39, 0.29) is 11.7 Å². The molecule has 1 atom stereocenters. The number of halogens is 1. The van der Waals surface area contributed by atoms with Crippen molar-refractivity contribution in [1.82, 2.24) is 19.9 Å². The minimum atomic E-state index is -0.628. The fourth-order valence-corrected chi connectivity index (χ4v) is 3.66. The lowest BCUT2D eigenvalue weighted by atomic mass is 10.0. The molecule has 0 aliphatic rings. The SMILES string of the molecule is Cn1ccnc1C(NC(=O)CCCc1c[nH]c2ccccc12)c1ccccc1F. The summed E-state index contributed by atoms with van der Waals surface area (Å²) in [7, 11) is 1.83. The van der Waals surface area contributed by atoms with Crippen LogP contribution < -0.4 is 5.32 Å². The Labute approximate surface area is 168 Å². The number of para-hydroxylation sites is 1. The minimum Gasteiger partial charge on any atom is -0.361 e. The van der Waals surface area contributed by atoms with Gasteiger partial charge in [0.05, 0.1) is 0 Å². The number of nitrogens with one attached hydrogen (secondary N) is 2. The van der Waals surface area contributed by atoms with Crippen molar-refractivity contribution < 1.29 is 9.18 Å². The summed E-state index contributed by atoms with van der Waals surface area (Å²) in [6.07, 6.45) is 7.29. The van der Waals surface area contributed by atoms with Crippen LogP contribution >= 0.6 is 0 Å². The van der Waals surface area contributed by atoms with Crippen LogP contribution in [0.3, 0.4) is 0 Å². The number of imidazole rings is 1. The molecule has 0 fully saturated rings. The number of benzene rings is 2. The van der Waals surface area contributed by atoms with Gasteiger partial charge in [-0.1, -0.05) is 36.4 Å². The zero-order chi connectivity index (χ0) is 20.2. The van der Waals surface area contributed by atoms with Crippen LogP contribution in [0.2, 0.25) is 0 Å². The van der Waals surface area contributed by atoms with Gasteiger partial charge < -0.3 is 14.9 Å². The predicted molar refractivity (Wildman–Crippen MR) is 111 cm³/mol. The topological polar surface area (TPSA) is 62.7 Å². The summed E-state index contributed by atoms with van der Waals surface area (Å²) in [6, 6.07) is 14.0. The highest BCUT2D eigenvalue weighted by Gasteiger charge is 2.23. The Morgan fingerprint density at radius 3 is 2.79 bits per heavy atom. The van der Waals surface area contributed by atoms with E-state index in [0.717, 1.165) is 11.9 Å². The number of H-pyrrole nitrogens is 1. The van der Waals surface area contributed by atoms with E-state index in [0.29, 0.717) is 24.2 Å². The zero-order valence-corrected chi connectivity index (χ0v) is 16.2. The number of hydrogen-bond donors (Lipinski definition) is 2. The van der Waals surface area contributed by atoms with Crippen LogP contribution in [0.25, 0.3) is 10.9 Å². The molecule has 0 aliphatic carbocycles. The van der Waals surface area contributed by atoms with Crippen LogP contribution in [0, 0.1) is 5.82 Å². The molecule has 0 saturated heterocycles. The number of carbonyl (C=O) groups is 1. The van der Waals surface area contributed by atoms with Crippen molar-refractivity contribution in [3.8, 4) is 0 Å². The standard InChI is InChI=1S/C23H23FN4O/c1-28-14-13-25-23(28)22(18-9-2-4-10-19(18)24)27-21(29)12-6-7-16-15-26-20-11-5-3-8-17(16)20/h2-5,8-11,13-15,22,26H,6-7,12H2,1H3,(H,27,29). The first-order valence-electron chi connectivity index (χ1n) is 9.69. The number of rotatable bonds is 7. The third-order valence-corrected chi connectivity index (χ3v) is 5.16. The van der Waals surface area contributed by atoms with E-state index >= 15 is 0 Å². The lowest BCUT2D eigenvalue weighted by Gasteiger charge is -2.19. The molecule has 0 aliphatic heterocycles. The molecule has 1 unspecified atom stereocenters. The van der Waals surface area contributed by atoms with E-state index in [1.54, 1.807) is 35.2 Å². The molecule has 2 aromatic carbocycles. The van der Waals surface area contributed by atoms with Gasteiger partial charge in [0.1, 0.15) is 17.7 Å². The van der Waals surface area contributed by atoms with E-state index in [1.807, 2.05) is 31.4 Å². The molecule has 0 spiro atoms. The summed E-state index contributed by atoms with van der Waals surface area (Å²) in [5, 5.41) is 4.15. The molecule has 4 aromatic rings.